The number of aromatic nitrogens is 2. The maximum absolute atomic E-state index is 12.8. The Hall–Kier alpha value is -4.16. The molecule has 10 nitrogen and oxygen atoms in total. The van der Waals surface area contributed by atoms with Crippen molar-refractivity contribution in [3.05, 3.63) is 114 Å². The molecule has 1 aliphatic rings. The van der Waals surface area contributed by atoms with Crippen LogP contribution < -0.4 is 10.6 Å². The standard InChI is InChI=1S/C33H36N4O6S/c1-37-17-16-34-33(37)44-21-27-19-29(24-10-8-23(20-38)9-11-24)43-31(42-27)25-12-14-26(15-13-25)35-32(40)36-28(30(39)41-2)18-22-6-4-3-5-7-22/h3-17,27-29,31,38H,18-21H2,1-2H3,(H2,35,36,40). The number of imidazole rings is 1. The predicted octanol–water partition coefficient (Wildman–Crippen LogP) is 5.16. The van der Waals surface area contributed by atoms with Gasteiger partial charge >= 0.3 is 12.0 Å². The van der Waals surface area contributed by atoms with E-state index in [1.54, 1.807) is 30.1 Å². The Morgan fingerprint density at radius 1 is 1.02 bits per heavy atom. The molecule has 2 amide bonds. The average Bonchev–Trinajstić information content (AvgIpc) is 3.48. The van der Waals surface area contributed by atoms with Crippen LogP contribution in [0.4, 0.5) is 10.5 Å². The van der Waals surface area contributed by atoms with Gasteiger partial charge in [0.25, 0.3) is 0 Å². The number of carbonyl (C=O) groups excluding carboxylic acids is 2. The highest BCUT2D eigenvalue weighted by atomic mass is 32.2. The highest BCUT2D eigenvalue weighted by molar-refractivity contribution is 7.99. The van der Waals surface area contributed by atoms with Crippen molar-refractivity contribution in [1.82, 2.24) is 14.9 Å². The summed E-state index contributed by atoms with van der Waals surface area (Å²) in [4.78, 5) is 29.5. The van der Waals surface area contributed by atoms with Crippen LogP contribution in [0.2, 0.25) is 0 Å². The Bertz CT molecular complexity index is 1510. The van der Waals surface area contributed by atoms with Crippen LogP contribution in [0.25, 0.3) is 0 Å². The first-order valence-electron chi connectivity index (χ1n) is 14.3. The van der Waals surface area contributed by atoms with Gasteiger partial charge in [0.2, 0.25) is 0 Å². The molecule has 230 valence electrons. The van der Waals surface area contributed by atoms with E-state index in [1.807, 2.05) is 84.5 Å². The third-order valence-corrected chi connectivity index (χ3v) is 8.49. The molecule has 11 heteroatoms. The van der Waals surface area contributed by atoms with Gasteiger partial charge in [-0.2, -0.15) is 0 Å². The summed E-state index contributed by atoms with van der Waals surface area (Å²) in [5.41, 5.74) is 4.09. The quantitative estimate of drug-likeness (QED) is 0.156. The zero-order valence-corrected chi connectivity index (χ0v) is 25.4. The lowest BCUT2D eigenvalue weighted by Crippen LogP contribution is -2.45. The summed E-state index contributed by atoms with van der Waals surface area (Å²) in [5.74, 6) is 0.169. The molecule has 0 radical (unpaired) electrons. The zero-order valence-electron chi connectivity index (χ0n) is 24.6. The minimum atomic E-state index is -0.838. The fourth-order valence-corrected chi connectivity index (χ4v) is 5.87. The van der Waals surface area contributed by atoms with Crippen molar-refractivity contribution in [2.24, 2.45) is 7.05 Å². The number of nitrogens with one attached hydrogen (secondary N) is 2. The second kappa shape index (κ2) is 15.0. The molecule has 0 bridgehead atoms. The summed E-state index contributed by atoms with van der Waals surface area (Å²) in [7, 11) is 3.26. The Kier molecular flexibility index (Phi) is 10.7. The van der Waals surface area contributed by atoms with E-state index in [-0.39, 0.29) is 18.8 Å². The molecule has 0 spiro atoms. The molecule has 1 aromatic heterocycles. The molecule has 0 saturated carbocycles. The highest BCUT2D eigenvalue weighted by Crippen LogP contribution is 2.39. The largest absolute Gasteiger partial charge is 0.467 e. The molecule has 44 heavy (non-hydrogen) atoms. The number of urea groups is 1. The topological polar surface area (TPSA) is 124 Å². The third kappa shape index (κ3) is 8.26. The van der Waals surface area contributed by atoms with E-state index in [0.717, 1.165) is 27.4 Å². The first-order valence-corrected chi connectivity index (χ1v) is 15.3. The van der Waals surface area contributed by atoms with E-state index in [9.17, 15) is 14.7 Å². The van der Waals surface area contributed by atoms with Crippen LogP contribution in [0.3, 0.4) is 0 Å². The number of thioether (sulfide) groups is 1. The smallest absolute Gasteiger partial charge is 0.328 e. The number of anilines is 1. The van der Waals surface area contributed by atoms with Crippen LogP contribution in [0.15, 0.2) is 96.4 Å². The fraction of sp³-hybridized carbons (Fsp3) is 0.303. The summed E-state index contributed by atoms with van der Waals surface area (Å²) in [6, 6.07) is 23.1. The molecule has 4 aromatic rings. The van der Waals surface area contributed by atoms with Gasteiger partial charge in [-0.3, -0.25) is 0 Å². The second-order valence-corrected chi connectivity index (χ2v) is 11.5. The Morgan fingerprint density at radius 3 is 2.41 bits per heavy atom. The lowest BCUT2D eigenvalue weighted by molar-refractivity contribution is -0.245. The molecule has 2 heterocycles. The molecule has 3 aromatic carbocycles. The Labute approximate surface area is 260 Å². The van der Waals surface area contributed by atoms with Gasteiger partial charge in [-0.1, -0.05) is 78.5 Å². The van der Waals surface area contributed by atoms with Crippen molar-refractivity contribution >= 4 is 29.4 Å². The Balaban J connectivity index is 1.25. The van der Waals surface area contributed by atoms with Crippen LogP contribution in [0.1, 0.15) is 41.1 Å². The van der Waals surface area contributed by atoms with Crippen LogP contribution in [0, 0.1) is 0 Å². The van der Waals surface area contributed by atoms with Crippen molar-refractivity contribution in [2.75, 3.05) is 18.2 Å². The number of aliphatic hydroxyl groups excluding tert-OH is 1. The molecule has 3 N–H and O–H groups in total. The first kappa shape index (κ1) is 31.3. The van der Waals surface area contributed by atoms with E-state index in [2.05, 4.69) is 15.6 Å². The van der Waals surface area contributed by atoms with Crippen LogP contribution >= 0.6 is 11.8 Å². The van der Waals surface area contributed by atoms with Gasteiger partial charge in [0.1, 0.15) is 6.04 Å². The molecule has 4 unspecified atom stereocenters. The molecule has 1 fully saturated rings. The van der Waals surface area contributed by atoms with Gasteiger partial charge in [0, 0.05) is 49.3 Å². The number of rotatable bonds is 11. The summed E-state index contributed by atoms with van der Waals surface area (Å²) in [5, 5.41) is 15.9. The maximum Gasteiger partial charge on any atom is 0.328 e. The second-order valence-electron chi connectivity index (χ2n) is 10.5. The minimum absolute atomic E-state index is 0.0186. The van der Waals surface area contributed by atoms with E-state index in [1.165, 1.54) is 7.11 Å². The summed E-state index contributed by atoms with van der Waals surface area (Å²) in [6.07, 6.45) is 3.71. The first-order chi connectivity index (χ1) is 21.4. The van der Waals surface area contributed by atoms with Crippen molar-refractivity contribution in [3.63, 3.8) is 0 Å². The number of aliphatic hydroxyl groups is 1. The Morgan fingerprint density at radius 2 is 1.75 bits per heavy atom. The van der Waals surface area contributed by atoms with E-state index in [0.29, 0.717) is 24.3 Å². The molecule has 5 rings (SSSR count). The van der Waals surface area contributed by atoms with E-state index < -0.39 is 24.3 Å². The number of benzene rings is 3. The van der Waals surface area contributed by atoms with Crippen molar-refractivity contribution < 1.29 is 28.9 Å². The summed E-state index contributed by atoms with van der Waals surface area (Å²) in [6.45, 7) is -0.0186. The fourth-order valence-electron chi connectivity index (χ4n) is 4.92. The third-order valence-electron chi connectivity index (χ3n) is 7.30. The SMILES string of the molecule is COC(=O)C(Cc1ccccc1)NC(=O)Nc1ccc(C2OC(CSc3nccn3C)CC(c3ccc(CO)cc3)O2)cc1. The number of amides is 2. The van der Waals surface area contributed by atoms with Gasteiger partial charge in [0.05, 0.1) is 25.9 Å². The van der Waals surface area contributed by atoms with Crippen LogP contribution in [-0.4, -0.2) is 51.7 Å². The lowest BCUT2D eigenvalue weighted by atomic mass is 10.0. The monoisotopic (exact) mass is 616 g/mol. The number of hydrogen-bond acceptors (Lipinski definition) is 8. The number of hydrogen-bond donors (Lipinski definition) is 3. The minimum Gasteiger partial charge on any atom is -0.467 e. The zero-order chi connectivity index (χ0) is 30.9. The number of carbonyl (C=O) groups is 2. The predicted molar refractivity (Wildman–Crippen MR) is 167 cm³/mol. The van der Waals surface area contributed by atoms with Crippen LogP contribution in [-0.2, 0) is 39.1 Å². The molecule has 4 atom stereocenters. The van der Waals surface area contributed by atoms with Crippen molar-refractivity contribution in [3.8, 4) is 0 Å². The summed E-state index contributed by atoms with van der Waals surface area (Å²) >= 11 is 1.63. The molecular formula is C33H36N4O6S. The number of esters is 1. The van der Waals surface area contributed by atoms with Crippen molar-refractivity contribution in [1.29, 1.82) is 0 Å². The number of nitrogens with zero attached hydrogens (tertiary/aromatic N) is 2. The van der Waals surface area contributed by atoms with E-state index >= 15 is 0 Å². The molecule has 1 aliphatic heterocycles. The number of methoxy groups -OCH3 is 1. The van der Waals surface area contributed by atoms with Gasteiger partial charge in [-0.15, -0.1) is 0 Å². The molecule has 0 aliphatic carbocycles. The van der Waals surface area contributed by atoms with Crippen molar-refractivity contribution in [2.45, 2.75) is 49.1 Å². The maximum atomic E-state index is 12.8. The van der Waals surface area contributed by atoms with Gasteiger partial charge in [0.15, 0.2) is 11.4 Å². The highest BCUT2D eigenvalue weighted by Gasteiger charge is 2.32. The number of ether oxygens (including phenoxy) is 3. The van der Waals surface area contributed by atoms with Gasteiger partial charge in [-0.05, 0) is 28.8 Å². The van der Waals surface area contributed by atoms with Gasteiger partial charge in [-0.25, -0.2) is 14.6 Å². The molecular weight excluding hydrogens is 580 g/mol. The van der Waals surface area contributed by atoms with E-state index in [4.69, 9.17) is 14.2 Å². The normalized spacial score (nSPS) is 18.8. The lowest BCUT2D eigenvalue weighted by Gasteiger charge is -2.36. The van der Waals surface area contributed by atoms with Gasteiger partial charge < -0.3 is 34.5 Å². The van der Waals surface area contributed by atoms with Crippen LogP contribution in [0.5, 0.6) is 0 Å². The summed E-state index contributed by atoms with van der Waals surface area (Å²) < 4.78 is 19.7. The number of aryl methyl sites for hydroxylation is 1. The average molecular weight is 617 g/mol. The molecule has 1 saturated heterocycles.